The molecule has 1 heterocycles. The molecule has 1 N–H and O–H groups in total. The molecule has 1 amide bonds. The number of nitrogens with zero attached hydrogens (tertiary/aromatic N) is 2. The molecule has 1 aromatic heterocycles. The SMILES string of the molecule is CC(=O)Nc1ccc(SCc2nn(-c3ccccc3)c3c2CCC3)cc1. The highest BCUT2D eigenvalue weighted by Crippen LogP contribution is 2.32. The van der Waals surface area contributed by atoms with Crippen LogP contribution in [0, 0.1) is 0 Å². The molecular formula is C21H21N3OS. The molecule has 0 radical (unpaired) electrons. The second kappa shape index (κ2) is 7.38. The Morgan fingerprint density at radius 1 is 1.12 bits per heavy atom. The first-order valence-corrected chi connectivity index (χ1v) is 9.85. The first-order valence-electron chi connectivity index (χ1n) is 8.86. The summed E-state index contributed by atoms with van der Waals surface area (Å²) in [6, 6.07) is 18.4. The molecule has 4 nitrogen and oxygen atoms in total. The molecule has 4 rings (SSSR count). The van der Waals surface area contributed by atoms with Crippen LogP contribution in [0.3, 0.4) is 0 Å². The highest BCUT2D eigenvalue weighted by Gasteiger charge is 2.22. The number of hydrogen-bond donors (Lipinski definition) is 1. The molecule has 0 aliphatic heterocycles. The summed E-state index contributed by atoms with van der Waals surface area (Å²) in [6.07, 6.45) is 3.44. The second-order valence-corrected chi connectivity index (χ2v) is 7.52. The maximum Gasteiger partial charge on any atom is 0.221 e. The van der Waals surface area contributed by atoms with Crippen LogP contribution in [0.5, 0.6) is 0 Å². The van der Waals surface area contributed by atoms with Crippen molar-refractivity contribution in [2.24, 2.45) is 0 Å². The third kappa shape index (κ3) is 3.53. The van der Waals surface area contributed by atoms with Crippen molar-refractivity contribution in [3.63, 3.8) is 0 Å². The van der Waals surface area contributed by atoms with E-state index in [4.69, 9.17) is 5.10 Å². The molecule has 132 valence electrons. The van der Waals surface area contributed by atoms with E-state index in [1.165, 1.54) is 35.2 Å². The van der Waals surface area contributed by atoms with Crippen molar-refractivity contribution in [3.05, 3.63) is 71.5 Å². The van der Waals surface area contributed by atoms with E-state index in [1.807, 2.05) is 30.3 Å². The molecule has 0 spiro atoms. The first kappa shape index (κ1) is 16.9. The Morgan fingerprint density at radius 2 is 1.88 bits per heavy atom. The van der Waals surface area contributed by atoms with Gasteiger partial charge in [0.05, 0.1) is 11.4 Å². The number of anilines is 1. The fraction of sp³-hybridized carbons (Fsp3) is 0.238. The number of rotatable bonds is 5. The van der Waals surface area contributed by atoms with Crippen molar-refractivity contribution >= 4 is 23.4 Å². The van der Waals surface area contributed by atoms with Crippen LogP contribution < -0.4 is 5.32 Å². The number of nitrogens with one attached hydrogen (secondary N) is 1. The quantitative estimate of drug-likeness (QED) is 0.673. The van der Waals surface area contributed by atoms with Gasteiger partial charge in [0, 0.05) is 29.0 Å². The molecule has 0 bridgehead atoms. The second-order valence-electron chi connectivity index (χ2n) is 6.47. The minimum absolute atomic E-state index is 0.0487. The fourth-order valence-corrected chi connectivity index (χ4v) is 4.27. The van der Waals surface area contributed by atoms with E-state index in [0.717, 1.165) is 30.0 Å². The number of carbonyl (C=O) groups excluding carboxylic acids is 1. The normalized spacial score (nSPS) is 12.8. The lowest BCUT2D eigenvalue weighted by Crippen LogP contribution is -2.05. The van der Waals surface area contributed by atoms with Crippen LogP contribution in [-0.4, -0.2) is 15.7 Å². The molecule has 0 fully saturated rings. The molecular weight excluding hydrogens is 342 g/mol. The van der Waals surface area contributed by atoms with Gasteiger partial charge in [0.25, 0.3) is 0 Å². The van der Waals surface area contributed by atoms with E-state index >= 15 is 0 Å². The van der Waals surface area contributed by atoms with Crippen molar-refractivity contribution in [3.8, 4) is 5.69 Å². The Bertz CT molecular complexity index is 916. The predicted molar refractivity (Wildman–Crippen MR) is 106 cm³/mol. The number of benzene rings is 2. The molecule has 0 atom stereocenters. The summed E-state index contributed by atoms with van der Waals surface area (Å²) < 4.78 is 2.12. The van der Waals surface area contributed by atoms with Crippen LogP contribution in [0.2, 0.25) is 0 Å². The number of amides is 1. The number of thioether (sulfide) groups is 1. The van der Waals surface area contributed by atoms with Gasteiger partial charge < -0.3 is 5.32 Å². The van der Waals surface area contributed by atoms with E-state index in [2.05, 4.69) is 34.3 Å². The van der Waals surface area contributed by atoms with Gasteiger partial charge in [-0.05, 0) is 61.2 Å². The lowest BCUT2D eigenvalue weighted by molar-refractivity contribution is -0.114. The third-order valence-electron chi connectivity index (χ3n) is 4.56. The van der Waals surface area contributed by atoms with Crippen molar-refractivity contribution in [1.82, 2.24) is 9.78 Å². The van der Waals surface area contributed by atoms with Gasteiger partial charge in [-0.3, -0.25) is 4.79 Å². The van der Waals surface area contributed by atoms with E-state index in [0.29, 0.717) is 0 Å². The number of aromatic nitrogens is 2. The van der Waals surface area contributed by atoms with Crippen molar-refractivity contribution < 1.29 is 4.79 Å². The third-order valence-corrected chi connectivity index (χ3v) is 5.59. The van der Waals surface area contributed by atoms with Crippen LogP contribution in [-0.2, 0) is 23.4 Å². The van der Waals surface area contributed by atoms with Gasteiger partial charge in [-0.25, -0.2) is 4.68 Å². The average molecular weight is 363 g/mol. The number of hydrogen-bond acceptors (Lipinski definition) is 3. The Balaban J connectivity index is 1.51. The lowest BCUT2D eigenvalue weighted by atomic mass is 10.2. The van der Waals surface area contributed by atoms with E-state index < -0.39 is 0 Å². The number of carbonyl (C=O) groups is 1. The summed E-state index contributed by atoms with van der Waals surface area (Å²) in [5.74, 6) is 0.814. The predicted octanol–water partition coefficient (Wildman–Crippen LogP) is 4.61. The highest BCUT2D eigenvalue weighted by atomic mass is 32.2. The van der Waals surface area contributed by atoms with Crippen LogP contribution >= 0.6 is 11.8 Å². The minimum atomic E-state index is -0.0487. The molecule has 0 saturated heterocycles. The molecule has 1 aliphatic rings. The fourth-order valence-electron chi connectivity index (χ4n) is 3.40. The Morgan fingerprint density at radius 3 is 2.62 bits per heavy atom. The van der Waals surface area contributed by atoms with Gasteiger partial charge in [0.2, 0.25) is 5.91 Å². The highest BCUT2D eigenvalue weighted by molar-refractivity contribution is 7.98. The summed E-state index contributed by atoms with van der Waals surface area (Å²) >= 11 is 1.79. The van der Waals surface area contributed by atoms with Gasteiger partial charge in [-0.1, -0.05) is 18.2 Å². The molecule has 26 heavy (non-hydrogen) atoms. The molecule has 2 aromatic carbocycles. The zero-order valence-electron chi connectivity index (χ0n) is 14.7. The van der Waals surface area contributed by atoms with Crippen LogP contribution in [0.25, 0.3) is 5.69 Å². The van der Waals surface area contributed by atoms with Crippen molar-refractivity contribution in [2.45, 2.75) is 36.8 Å². The standard InChI is InChI=1S/C21H21N3OS/c1-15(25)22-16-10-12-18(13-11-16)26-14-20-19-8-5-9-21(19)24(23-20)17-6-3-2-4-7-17/h2-4,6-7,10-13H,5,8-9,14H2,1H3,(H,22,25). The molecule has 5 heteroatoms. The number of para-hydroxylation sites is 1. The summed E-state index contributed by atoms with van der Waals surface area (Å²) in [7, 11) is 0. The van der Waals surface area contributed by atoms with Gasteiger partial charge in [0.15, 0.2) is 0 Å². The summed E-state index contributed by atoms with van der Waals surface area (Å²) in [5.41, 5.74) is 5.96. The largest absolute Gasteiger partial charge is 0.326 e. The Labute approximate surface area is 157 Å². The Hall–Kier alpha value is -2.53. The molecule has 3 aromatic rings. The number of fused-ring (bicyclic) bond motifs is 1. The van der Waals surface area contributed by atoms with Gasteiger partial charge in [0.1, 0.15) is 0 Å². The van der Waals surface area contributed by atoms with E-state index in [-0.39, 0.29) is 5.91 Å². The monoisotopic (exact) mass is 363 g/mol. The zero-order valence-corrected chi connectivity index (χ0v) is 15.6. The molecule has 0 unspecified atom stereocenters. The van der Waals surface area contributed by atoms with Gasteiger partial charge in [-0.15, -0.1) is 11.8 Å². The topological polar surface area (TPSA) is 46.9 Å². The van der Waals surface area contributed by atoms with E-state index in [9.17, 15) is 4.79 Å². The summed E-state index contributed by atoms with van der Waals surface area (Å²) in [4.78, 5) is 12.3. The van der Waals surface area contributed by atoms with Crippen LogP contribution in [0.1, 0.15) is 30.3 Å². The van der Waals surface area contributed by atoms with Crippen LogP contribution in [0.4, 0.5) is 5.69 Å². The van der Waals surface area contributed by atoms with Gasteiger partial charge in [-0.2, -0.15) is 5.10 Å². The smallest absolute Gasteiger partial charge is 0.221 e. The van der Waals surface area contributed by atoms with Crippen molar-refractivity contribution in [1.29, 1.82) is 0 Å². The average Bonchev–Trinajstić information content (AvgIpc) is 3.24. The zero-order chi connectivity index (χ0) is 17.9. The first-order chi connectivity index (χ1) is 12.7. The molecule has 0 saturated carbocycles. The van der Waals surface area contributed by atoms with Crippen LogP contribution in [0.15, 0.2) is 59.5 Å². The summed E-state index contributed by atoms with van der Waals surface area (Å²) in [6.45, 7) is 1.52. The Kier molecular flexibility index (Phi) is 4.80. The lowest BCUT2D eigenvalue weighted by Gasteiger charge is -2.05. The maximum atomic E-state index is 11.1. The minimum Gasteiger partial charge on any atom is -0.326 e. The van der Waals surface area contributed by atoms with Gasteiger partial charge >= 0.3 is 0 Å². The molecule has 1 aliphatic carbocycles. The van der Waals surface area contributed by atoms with Crippen molar-refractivity contribution in [2.75, 3.05) is 5.32 Å². The maximum absolute atomic E-state index is 11.1. The summed E-state index contributed by atoms with van der Waals surface area (Å²) in [5, 5.41) is 7.71. The van der Waals surface area contributed by atoms with E-state index in [1.54, 1.807) is 11.8 Å².